The lowest BCUT2D eigenvalue weighted by Crippen LogP contribution is -2.47. The van der Waals surface area contributed by atoms with Crippen molar-refractivity contribution in [3.8, 4) is 6.07 Å². The molecular formula is C22H22N8S3. The van der Waals surface area contributed by atoms with Crippen molar-refractivity contribution >= 4 is 51.4 Å². The lowest BCUT2D eigenvalue weighted by atomic mass is 10.2. The van der Waals surface area contributed by atoms with Gasteiger partial charge in [0, 0.05) is 39.4 Å². The molecule has 0 bridgehead atoms. The number of benzene rings is 1. The number of aromatic nitrogens is 5. The summed E-state index contributed by atoms with van der Waals surface area (Å²) in [5, 5.41) is 14.1. The lowest BCUT2D eigenvalue weighted by molar-refractivity contribution is 0.193. The number of thioether (sulfide) groups is 1. The Morgan fingerprint density at radius 1 is 1.15 bits per heavy atom. The van der Waals surface area contributed by atoms with E-state index in [1.54, 1.807) is 35.4 Å². The van der Waals surface area contributed by atoms with Crippen LogP contribution in [0.3, 0.4) is 0 Å². The van der Waals surface area contributed by atoms with Gasteiger partial charge in [-0.15, -0.1) is 11.3 Å². The molecule has 0 saturated carbocycles. The zero-order chi connectivity index (χ0) is 22.8. The fourth-order valence-electron chi connectivity index (χ4n) is 3.82. The maximum Gasteiger partial charge on any atom is 0.198 e. The van der Waals surface area contributed by atoms with Gasteiger partial charge < -0.3 is 9.47 Å². The zero-order valence-corrected chi connectivity index (χ0v) is 20.5. The van der Waals surface area contributed by atoms with Crippen molar-refractivity contribution in [2.45, 2.75) is 16.8 Å². The monoisotopic (exact) mass is 494 g/mol. The fourth-order valence-corrected chi connectivity index (χ4v) is 6.07. The van der Waals surface area contributed by atoms with E-state index in [1.807, 2.05) is 40.6 Å². The molecule has 4 aromatic rings. The predicted octanol–water partition coefficient (Wildman–Crippen LogP) is 3.90. The first-order valence-corrected chi connectivity index (χ1v) is 12.8. The highest BCUT2D eigenvalue weighted by Gasteiger charge is 2.21. The van der Waals surface area contributed by atoms with Gasteiger partial charge in [0.2, 0.25) is 0 Å². The Labute approximate surface area is 205 Å². The molecule has 3 aromatic heterocycles. The maximum absolute atomic E-state index is 9.35. The van der Waals surface area contributed by atoms with E-state index < -0.39 is 0 Å². The second-order valence-corrected chi connectivity index (χ2v) is 10.3. The highest BCUT2D eigenvalue weighted by Crippen LogP contribution is 2.31. The molecule has 1 saturated heterocycles. The minimum atomic E-state index is 0.619. The Hall–Kier alpha value is -2.78. The summed E-state index contributed by atoms with van der Waals surface area (Å²) < 4.78 is 6.85. The van der Waals surface area contributed by atoms with E-state index in [9.17, 15) is 5.26 Å². The third-order valence-corrected chi connectivity index (χ3v) is 8.30. The van der Waals surface area contributed by atoms with Crippen molar-refractivity contribution in [2.75, 3.05) is 31.1 Å². The molecule has 5 rings (SSSR count). The predicted molar refractivity (Wildman–Crippen MR) is 134 cm³/mol. The molecule has 11 heteroatoms. The van der Waals surface area contributed by atoms with Gasteiger partial charge in [-0.2, -0.15) is 10.4 Å². The van der Waals surface area contributed by atoms with Crippen LogP contribution in [0, 0.1) is 16.1 Å². The number of hydrogen-bond acceptors (Lipinski definition) is 9. The normalized spacial score (nSPS) is 14.6. The van der Waals surface area contributed by atoms with Crippen LogP contribution < -0.4 is 4.90 Å². The number of pyridine rings is 1. The first kappa shape index (κ1) is 22.0. The summed E-state index contributed by atoms with van der Waals surface area (Å²) >= 11 is 9.06. The molecule has 0 radical (unpaired) electrons. The van der Waals surface area contributed by atoms with E-state index in [-0.39, 0.29) is 0 Å². The van der Waals surface area contributed by atoms with Crippen LogP contribution >= 0.6 is 35.3 Å². The average molecular weight is 495 g/mol. The van der Waals surface area contributed by atoms with Crippen LogP contribution in [0.2, 0.25) is 0 Å². The van der Waals surface area contributed by atoms with Crippen molar-refractivity contribution in [2.24, 2.45) is 7.05 Å². The summed E-state index contributed by atoms with van der Waals surface area (Å²) in [7, 11) is 1.97. The summed E-state index contributed by atoms with van der Waals surface area (Å²) in [5.41, 5.74) is 1.66. The summed E-state index contributed by atoms with van der Waals surface area (Å²) in [6, 6.07) is 14.0. The average Bonchev–Trinajstić information content (AvgIpc) is 3.39. The Balaban J connectivity index is 1.21. The SMILES string of the molecule is Cn1c(CSc2nc3ccccc3s2)nn(CN2CCN(c3ncccc3C#N)CC2)c1=S. The van der Waals surface area contributed by atoms with Crippen LogP contribution in [-0.2, 0) is 19.5 Å². The van der Waals surface area contributed by atoms with Gasteiger partial charge in [0.25, 0.3) is 0 Å². The molecule has 0 unspecified atom stereocenters. The molecule has 33 heavy (non-hydrogen) atoms. The van der Waals surface area contributed by atoms with E-state index in [2.05, 4.69) is 26.9 Å². The number of nitriles is 1. The number of anilines is 1. The van der Waals surface area contributed by atoms with Gasteiger partial charge in [-0.25, -0.2) is 14.6 Å². The summed E-state index contributed by atoms with van der Waals surface area (Å²) in [4.78, 5) is 13.6. The van der Waals surface area contributed by atoms with E-state index >= 15 is 0 Å². The smallest absolute Gasteiger partial charge is 0.198 e. The Morgan fingerprint density at radius 2 is 1.97 bits per heavy atom. The van der Waals surface area contributed by atoms with E-state index in [4.69, 9.17) is 22.3 Å². The van der Waals surface area contributed by atoms with E-state index in [0.717, 1.165) is 53.4 Å². The largest absolute Gasteiger partial charge is 0.353 e. The topological polar surface area (TPSA) is 78.8 Å². The molecule has 0 aliphatic carbocycles. The van der Waals surface area contributed by atoms with Gasteiger partial charge in [-0.1, -0.05) is 23.9 Å². The van der Waals surface area contributed by atoms with E-state index in [0.29, 0.717) is 17.0 Å². The fraction of sp³-hybridized carbons (Fsp3) is 0.318. The number of piperazine rings is 1. The van der Waals surface area contributed by atoms with Crippen LogP contribution in [0.5, 0.6) is 0 Å². The first-order chi connectivity index (χ1) is 16.1. The van der Waals surface area contributed by atoms with Crippen LogP contribution in [0.25, 0.3) is 10.2 Å². The lowest BCUT2D eigenvalue weighted by Gasteiger charge is -2.35. The molecule has 1 fully saturated rings. The van der Waals surface area contributed by atoms with Gasteiger partial charge >= 0.3 is 0 Å². The zero-order valence-electron chi connectivity index (χ0n) is 18.1. The second kappa shape index (κ2) is 9.61. The molecular weight excluding hydrogens is 472 g/mol. The van der Waals surface area contributed by atoms with Gasteiger partial charge in [0.1, 0.15) is 17.7 Å². The molecule has 1 aromatic carbocycles. The Bertz CT molecular complexity index is 1340. The molecule has 0 atom stereocenters. The third kappa shape index (κ3) is 4.65. The van der Waals surface area contributed by atoms with Crippen LogP contribution in [-0.4, -0.2) is 55.4 Å². The third-order valence-electron chi connectivity index (χ3n) is 5.64. The Morgan fingerprint density at radius 3 is 2.76 bits per heavy atom. The molecule has 168 valence electrons. The number of rotatable bonds is 6. The van der Waals surface area contributed by atoms with Gasteiger partial charge in [0.15, 0.2) is 9.11 Å². The van der Waals surface area contributed by atoms with Crippen LogP contribution in [0.1, 0.15) is 11.4 Å². The van der Waals surface area contributed by atoms with Crippen LogP contribution in [0.4, 0.5) is 5.82 Å². The van der Waals surface area contributed by atoms with E-state index in [1.165, 1.54) is 4.70 Å². The van der Waals surface area contributed by atoms with Gasteiger partial charge in [-0.3, -0.25) is 4.90 Å². The molecule has 1 aliphatic heterocycles. The molecule has 0 N–H and O–H groups in total. The number of hydrogen-bond donors (Lipinski definition) is 0. The maximum atomic E-state index is 9.35. The highest BCUT2D eigenvalue weighted by atomic mass is 32.2. The summed E-state index contributed by atoms with van der Waals surface area (Å²) in [6.07, 6.45) is 1.74. The van der Waals surface area contributed by atoms with Crippen molar-refractivity contribution in [3.63, 3.8) is 0 Å². The molecule has 0 spiro atoms. The number of para-hydroxylation sites is 1. The molecule has 4 heterocycles. The second-order valence-electron chi connectivity index (χ2n) is 7.73. The van der Waals surface area contributed by atoms with Crippen LogP contribution in [0.15, 0.2) is 46.9 Å². The first-order valence-electron chi connectivity index (χ1n) is 10.6. The van der Waals surface area contributed by atoms with Crippen molar-refractivity contribution < 1.29 is 0 Å². The van der Waals surface area contributed by atoms with Crippen molar-refractivity contribution in [1.29, 1.82) is 5.26 Å². The summed E-state index contributed by atoms with van der Waals surface area (Å²) in [6.45, 7) is 3.99. The highest BCUT2D eigenvalue weighted by molar-refractivity contribution is 8.00. The molecule has 1 aliphatic rings. The van der Waals surface area contributed by atoms with Gasteiger partial charge in [-0.05, 0) is 36.5 Å². The van der Waals surface area contributed by atoms with Gasteiger partial charge in [0.05, 0.1) is 28.2 Å². The minimum absolute atomic E-state index is 0.619. The molecule has 0 amide bonds. The Kier molecular flexibility index (Phi) is 6.41. The quantitative estimate of drug-likeness (QED) is 0.295. The standard InChI is InChI=1S/C22H22N8S3/c1-27-19(14-32-21-25-17-6-2-3-7-18(17)33-21)26-30(22(27)31)15-28-9-11-29(12-10-28)20-16(13-23)5-4-8-24-20/h2-8H,9-12,14-15H2,1H3. The number of fused-ring (bicyclic) bond motifs is 1. The molecule has 8 nitrogen and oxygen atoms in total. The minimum Gasteiger partial charge on any atom is -0.353 e. The van der Waals surface area contributed by atoms with Crippen molar-refractivity contribution in [1.82, 2.24) is 29.2 Å². The van der Waals surface area contributed by atoms with Crippen molar-refractivity contribution in [3.05, 3.63) is 58.8 Å². The number of thiazole rings is 1. The number of nitrogens with zero attached hydrogens (tertiary/aromatic N) is 8. The summed E-state index contributed by atoms with van der Waals surface area (Å²) in [5.74, 6) is 2.43.